The Balaban J connectivity index is 2.82. The molecule has 0 spiro atoms. The van der Waals surface area contributed by atoms with Crippen molar-refractivity contribution in [3.8, 4) is 11.8 Å². The Morgan fingerprint density at radius 3 is 2.56 bits per heavy atom. The van der Waals surface area contributed by atoms with Crippen molar-refractivity contribution in [1.82, 2.24) is 0 Å². The summed E-state index contributed by atoms with van der Waals surface area (Å²) in [5.41, 5.74) is 0.988. The molecule has 0 aromatic heterocycles. The van der Waals surface area contributed by atoms with Crippen LogP contribution in [0.5, 0.6) is 5.75 Å². The summed E-state index contributed by atoms with van der Waals surface area (Å²) in [6.07, 6.45) is 0. The Morgan fingerprint density at radius 1 is 1.44 bits per heavy atom. The van der Waals surface area contributed by atoms with Crippen molar-refractivity contribution in [1.29, 1.82) is 5.26 Å². The molecule has 0 radical (unpaired) electrons. The van der Waals surface area contributed by atoms with E-state index >= 15 is 0 Å². The van der Waals surface area contributed by atoms with Gasteiger partial charge in [0, 0.05) is 19.3 Å². The predicted octanol–water partition coefficient (Wildman–Crippen LogP) is 3.58. The molecule has 1 aromatic rings. The number of ether oxygens (including phenoxy) is 1. The van der Waals surface area contributed by atoms with Crippen LogP contribution in [-0.2, 0) is 0 Å². The Morgan fingerprint density at radius 2 is 2.11 bits per heavy atom. The van der Waals surface area contributed by atoms with Crippen LogP contribution in [0.3, 0.4) is 0 Å². The zero-order chi connectivity index (χ0) is 13.7. The van der Waals surface area contributed by atoms with Gasteiger partial charge in [-0.15, -0.1) is 0 Å². The van der Waals surface area contributed by atoms with Gasteiger partial charge in [-0.05, 0) is 24.1 Å². The summed E-state index contributed by atoms with van der Waals surface area (Å²) < 4.78 is 5.12. The molecule has 98 valence electrons. The molecule has 0 aliphatic heterocycles. The smallest absolute Gasteiger partial charge is 0.137 e. The molecule has 18 heavy (non-hydrogen) atoms. The fourth-order valence-electron chi connectivity index (χ4n) is 1.69. The number of hydrogen-bond donors (Lipinski definition) is 0. The lowest BCUT2D eigenvalue weighted by Gasteiger charge is -2.24. The summed E-state index contributed by atoms with van der Waals surface area (Å²) in [6.45, 7) is 4.81. The summed E-state index contributed by atoms with van der Waals surface area (Å²) in [4.78, 5) is 2.04. The fraction of sp³-hybridized carbons (Fsp3) is 0.500. The SMILES string of the molecule is COc1ccc(N(C)CC(C#N)C(C)C)cc1Cl. The van der Waals surface area contributed by atoms with E-state index in [-0.39, 0.29) is 5.92 Å². The van der Waals surface area contributed by atoms with Gasteiger partial charge in [0.15, 0.2) is 0 Å². The van der Waals surface area contributed by atoms with E-state index in [4.69, 9.17) is 21.6 Å². The Hall–Kier alpha value is -1.40. The first kappa shape index (κ1) is 14.7. The lowest BCUT2D eigenvalue weighted by Crippen LogP contribution is -2.27. The van der Waals surface area contributed by atoms with Crippen molar-refractivity contribution in [2.45, 2.75) is 13.8 Å². The maximum absolute atomic E-state index is 9.11. The van der Waals surface area contributed by atoms with Crippen LogP contribution in [0.2, 0.25) is 5.02 Å². The molecule has 1 atom stereocenters. The minimum absolute atomic E-state index is 0.0101. The average Bonchev–Trinajstić information content (AvgIpc) is 2.35. The molecule has 0 aliphatic carbocycles. The van der Waals surface area contributed by atoms with Crippen molar-refractivity contribution in [3.05, 3.63) is 23.2 Å². The molecule has 4 heteroatoms. The highest BCUT2D eigenvalue weighted by Crippen LogP contribution is 2.29. The van der Waals surface area contributed by atoms with Crippen LogP contribution >= 0.6 is 11.6 Å². The number of anilines is 1. The molecule has 1 unspecified atom stereocenters. The third kappa shape index (κ3) is 3.54. The number of nitriles is 1. The van der Waals surface area contributed by atoms with Gasteiger partial charge in [0.05, 0.1) is 24.1 Å². The highest BCUT2D eigenvalue weighted by atomic mass is 35.5. The number of hydrogen-bond acceptors (Lipinski definition) is 3. The first-order chi connectivity index (χ1) is 8.49. The highest BCUT2D eigenvalue weighted by molar-refractivity contribution is 6.32. The fourth-order valence-corrected chi connectivity index (χ4v) is 1.95. The summed E-state index contributed by atoms with van der Waals surface area (Å²) in [7, 11) is 3.56. The molecule has 1 aromatic carbocycles. The number of nitrogens with zero attached hydrogens (tertiary/aromatic N) is 2. The van der Waals surface area contributed by atoms with Crippen molar-refractivity contribution >= 4 is 17.3 Å². The first-order valence-electron chi connectivity index (χ1n) is 5.94. The van der Waals surface area contributed by atoms with E-state index < -0.39 is 0 Å². The molecule has 0 aliphatic rings. The molecule has 3 nitrogen and oxygen atoms in total. The largest absolute Gasteiger partial charge is 0.495 e. The monoisotopic (exact) mass is 266 g/mol. The van der Waals surface area contributed by atoms with Gasteiger partial charge in [-0.2, -0.15) is 5.26 Å². The minimum Gasteiger partial charge on any atom is -0.495 e. The Bertz CT molecular complexity index is 440. The van der Waals surface area contributed by atoms with Crippen molar-refractivity contribution in [2.24, 2.45) is 11.8 Å². The van der Waals surface area contributed by atoms with E-state index in [9.17, 15) is 0 Å². The topological polar surface area (TPSA) is 36.3 Å². The van der Waals surface area contributed by atoms with E-state index in [1.165, 1.54) is 0 Å². The van der Waals surface area contributed by atoms with Gasteiger partial charge in [-0.1, -0.05) is 25.4 Å². The van der Waals surface area contributed by atoms with Crippen molar-refractivity contribution < 1.29 is 4.74 Å². The molecular weight excluding hydrogens is 248 g/mol. The molecular formula is C14H19ClN2O. The van der Waals surface area contributed by atoms with Crippen molar-refractivity contribution in [3.63, 3.8) is 0 Å². The number of benzene rings is 1. The normalized spacial score (nSPS) is 12.1. The van der Waals surface area contributed by atoms with E-state index in [1.807, 2.05) is 30.1 Å². The van der Waals surface area contributed by atoms with Gasteiger partial charge in [0.25, 0.3) is 0 Å². The standard InChI is InChI=1S/C14H19ClN2O/c1-10(2)11(8-16)9-17(3)12-5-6-14(18-4)13(15)7-12/h5-7,10-11H,9H2,1-4H3. The van der Waals surface area contributed by atoms with Gasteiger partial charge >= 0.3 is 0 Å². The van der Waals surface area contributed by atoms with Gasteiger partial charge in [0.2, 0.25) is 0 Å². The van der Waals surface area contributed by atoms with E-state index in [0.29, 0.717) is 23.2 Å². The predicted molar refractivity (Wildman–Crippen MR) is 75.2 cm³/mol. The molecule has 0 saturated heterocycles. The summed E-state index contributed by atoms with van der Waals surface area (Å²) >= 11 is 6.09. The van der Waals surface area contributed by atoms with Crippen molar-refractivity contribution in [2.75, 3.05) is 25.6 Å². The summed E-state index contributed by atoms with van der Waals surface area (Å²) in [5.74, 6) is 1.01. The Labute approximate surface area is 114 Å². The van der Waals surface area contributed by atoms with Crippen LogP contribution in [0, 0.1) is 23.2 Å². The summed E-state index contributed by atoms with van der Waals surface area (Å²) in [6, 6.07) is 7.98. The first-order valence-corrected chi connectivity index (χ1v) is 6.31. The molecule has 1 rings (SSSR count). The summed E-state index contributed by atoms with van der Waals surface area (Å²) in [5, 5.41) is 9.69. The maximum atomic E-state index is 9.11. The molecule has 0 amide bonds. The molecule has 0 heterocycles. The zero-order valence-electron chi connectivity index (χ0n) is 11.3. The van der Waals surface area contributed by atoms with Crippen LogP contribution < -0.4 is 9.64 Å². The van der Waals surface area contributed by atoms with Gasteiger partial charge in [-0.3, -0.25) is 0 Å². The second-order valence-corrected chi connectivity index (χ2v) is 5.09. The number of rotatable bonds is 5. The minimum atomic E-state index is 0.0101. The van der Waals surface area contributed by atoms with Crippen LogP contribution in [0.25, 0.3) is 0 Å². The number of halogens is 1. The lowest BCUT2D eigenvalue weighted by molar-refractivity contribution is 0.415. The third-order valence-electron chi connectivity index (χ3n) is 3.02. The second-order valence-electron chi connectivity index (χ2n) is 4.68. The average molecular weight is 267 g/mol. The zero-order valence-corrected chi connectivity index (χ0v) is 12.0. The quantitative estimate of drug-likeness (QED) is 0.817. The number of methoxy groups -OCH3 is 1. The Kier molecular flexibility index (Phi) is 5.30. The van der Waals surface area contributed by atoms with E-state index in [0.717, 1.165) is 5.69 Å². The van der Waals surface area contributed by atoms with Crippen LogP contribution in [-0.4, -0.2) is 20.7 Å². The van der Waals surface area contributed by atoms with E-state index in [1.54, 1.807) is 7.11 Å². The van der Waals surface area contributed by atoms with Crippen LogP contribution in [0.1, 0.15) is 13.8 Å². The maximum Gasteiger partial charge on any atom is 0.137 e. The van der Waals surface area contributed by atoms with Gasteiger partial charge in [0.1, 0.15) is 5.75 Å². The molecule has 0 bridgehead atoms. The lowest BCUT2D eigenvalue weighted by atomic mass is 9.97. The van der Waals surface area contributed by atoms with Crippen LogP contribution in [0.15, 0.2) is 18.2 Å². The third-order valence-corrected chi connectivity index (χ3v) is 3.31. The second kappa shape index (κ2) is 6.51. The van der Waals surface area contributed by atoms with Gasteiger partial charge < -0.3 is 9.64 Å². The van der Waals surface area contributed by atoms with E-state index in [2.05, 4.69) is 19.9 Å². The molecule has 0 saturated carbocycles. The molecule has 0 N–H and O–H groups in total. The van der Waals surface area contributed by atoms with Crippen LogP contribution in [0.4, 0.5) is 5.69 Å². The molecule has 0 fully saturated rings. The highest BCUT2D eigenvalue weighted by Gasteiger charge is 2.15. The van der Waals surface area contributed by atoms with Gasteiger partial charge in [-0.25, -0.2) is 0 Å².